The summed E-state index contributed by atoms with van der Waals surface area (Å²) in [5.41, 5.74) is 6.23. The molecule has 1 aromatic heterocycles. The summed E-state index contributed by atoms with van der Waals surface area (Å²) in [7, 11) is 0. The molecule has 0 aromatic carbocycles. The molecule has 118 valence electrons. The van der Waals surface area contributed by atoms with Gasteiger partial charge in [-0.3, -0.25) is 14.4 Å². The van der Waals surface area contributed by atoms with Crippen molar-refractivity contribution in [1.82, 2.24) is 9.88 Å². The van der Waals surface area contributed by atoms with E-state index in [9.17, 15) is 14.4 Å². The van der Waals surface area contributed by atoms with E-state index in [2.05, 4.69) is 5.32 Å². The highest BCUT2D eigenvalue weighted by atomic mass is 16.5. The Balaban J connectivity index is 1.89. The van der Waals surface area contributed by atoms with Gasteiger partial charge in [0.05, 0.1) is 30.0 Å². The van der Waals surface area contributed by atoms with Crippen LogP contribution < -0.4 is 11.1 Å². The van der Waals surface area contributed by atoms with Gasteiger partial charge in [-0.2, -0.15) is 0 Å². The summed E-state index contributed by atoms with van der Waals surface area (Å²) in [4.78, 5) is 36.2. The maximum atomic E-state index is 12.4. The Morgan fingerprint density at radius 1 is 1.32 bits per heavy atom. The second kappa shape index (κ2) is 5.24. The van der Waals surface area contributed by atoms with Crippen molar-refractivity contribution in [2.45, 2.75) is 38.3 Å². The van der Waals surface area contributed by atoms with E-state index >= 15 is 0 Å². The highest BCUT2D eigenvalue weighted by Gasteiger charge is 2.37. The summed E-state index contributed by atoms with van der Waals surface area (Å²) < 4.78 is 6.81. The lowest BCUT2D eigenvalue weighted by atomic mass is 10.0. The number of nitrogens with zero attached hydrogens (tertiary/aromatic N) is 1. The average Bonchev–Trinajstić information content (AvgIpc) is 2.84. The molecule has 2 amide bonds. The minimum absolute atomic E-state index is 0.241. The molecule has 0 spiro atoms. The molecule has 1 saturated heterocycles. The van der Waals surface area contributed by atoms with Crippen molar-refractivity contribution in [1.29, 1.82) is 0 Å². The van der Waals surface area contributed by atoms with E-state index < -0.39 is 23.1 Å². The van der Waals surface area contributed by atoms with Gasteiger partial charge in [-0.15, -0.1) is 0 Å². The Morgan fingerprint density at radius 2 is 2.05 bits per heavy atom. The number of primary amides is 1. The van der Waals surface area contributed by atoms with Gasteiger partial charge in [-0.05, 0) is 32.3 Å². The summed E-state index contributed by atoms with van der Waals surface area (Å²) in [5.74, 6) is -1.87. The fraction of sp³-hybridized carbons (Fsp3) is 0.533. The molecule has 1 aromatic rings. The first-order valence-corrected chi connectivity index (χ1v) is 7.38. The summed E-state index contributed by atoms with van der Waals surface area (Å²) >= 11 is 0. The number of carbonyl (C=O) groups excluding carboxylic acids is 3. The minimum Gasteiger partial charge on any atom is -0.376 e. The van der Waals surface area contributed by atoms with E-state index in [0.717, 1.165) is 18.5 Å². The zero-order valence-electron chi connectivity index (χ0n) is 12.5. The summed E-state index contributed by atoms with van der Waals surface area (Å²) in [5, 5.41) is 2.69. The second-order valence-corrected chi connectivity index (χ2v) is 6.20. The molecule has 3 rings (SSSR count). The molecule has 0 saturated carbocycles. The quantitative estimate of drug-likeness (QED) is 0.604. The van der Waals surface area contributed by atoms with Crippen LogP contribution in [-0.4, -0.2) is 40.9 Å². The van der Waals surface area contributed by atoms with Crippen molar-refractivity contribution >= 4 is 17.6 Å². The molecule has 0 aliphatic carbocycles. The van der Waals surface area contributed by atoms with Gasteiger partial charge in [0.1, 0.15) is 0 Å². The van der Waals surface area contributed by atoms with E-state index in [4.69, 9.17) is 10.5 Å². The van der Waals surface area contributed by atoms with Gasteiger partial charge in [0.25, 0.3) is 17.6 Å². The number of hydrogen-bond donors (Lipinski definition) is 2. The average molecular weight is 305 g/mol. The summed E-state index contributed by atoms with van der Waals surface area (Å²) in [6.45, 7) is 3.23. The third-order valence-corrected chi connectivity index (χ3v) is 4.21. The number of ketones is 1. The number of carbonyl (C=O) groups is 3. The van der Waals surface area contributed by atoms with Gasteiger partial charge >= 0.3 is 0 Å². The van der Waals surface area contributed by atoms with Crippen LogP contribution >= 0.6 is 0 Å². The first-order valence-electron chi connectivity index (χ1n) is 7.38. The SMILES string of the molecule is CC1(NC(=O)C(=O)c2cc(C(N)=O)c3n2CCCC3)COC1. The molecule has 3 N–H and O–H groups in total. The van der Waals surface area contributed by atoms with E-state index in [-0.39, 0.29) is 5.69 Å². The smallest absolute Gasteiger partial charge is 0.294 e. The first-order chi connectivity index (χ1) is 10.4. The van der Waals surface area contributed by atoms with Crippen molar-refractivity contribution in [2.24, 2.45) is 5.73 Å². The van der Waals surface area contributed by atoms with Crippen LogP contribution in [0, 0.1) is 0 Å². The monoisotopic (exact) mass is 305 g/mol. The number of nitrogens with two attached hydrogens (primary N) is 1. The summed E-state index contributed by atoms with van der Waals surface area (Å²) in [6.07, 6.45) is 2.55. The Hall–Kier alpha value is -2.15. The van der Waals surface area contributed by atoms with Crippen LogP contribution in [-0.2, 0) is 22.5 Å². The molecule has 2 aliphatic rings. The van der Waals surface area contributed by atoms with Gasteiger partial charge < -0.3 is 20.4 Å². The summed E-state index contributed by atoms with van der Waals surface area (Å²) in [6, 6.07) is 1.45. The van der Waals surface area contributed by atoms with Crippen molar-refractivity contribution in [3.05, 3.63) is 23.0 Å². The second-order valence-electron chi connectivity index (χ2n) is 6.20. The van der Waals surface area contributed by atoms with Crippen LogP contribution in [0.1, 0.15) is 46.3 Å². The maximum Gasteiger partial charge on any atom is 0.294 e. The zero-order chi connectivity index (χ0) is 15.9. The molecular formula is C15H19N3O4. The number of amides is 2. The molecule has 0 unspecified atom stereocenters. The molecule has 3 heterocycles. The Labute approximate surface area is 127 Å². The Bertz CT molecular complexity index is 658. The van der Waals surface area contributed by atoms with E-state index in [1.807, 2.05) is 6.92 Å². The van der Waals surface area contributed by atoms with Crippen LogP contribution in [0.5, 0.6) is 0 Å². The van der Waals surface area contributed by atoms with Crippen LogP contribution in [0.2, 0.25) is 0 Å². The predicted molar refractivity (Wildman–Crippen MR) is 77.6 cm³/mol. The third kappa shape index (κ3) is 2.41. The molecule has 22 heavy (non-hydrogen) atoms. The van der Waals surface area contributed by atoms with Crippen LogP contribution in [0.15, 0.2) is 6.07 Å². The van der Waals surface area contributed by atoms with Gasteiger partial charge in [-0.1, -0.05) is 0 Å². The standard InChI is InChI=1S/C15H19N3O4/c1-15(7-22-8-15)17-14(21)12(19)11-6-9(13(16)20)10-4-2-3-5-18(10)11/h6H,2-5,7-8H2,1H3,(H2,16,20)(H,17,21). The molecule has 7 heteroatoms. The molecule has 7 nitrogen and oxygen atoms in total. The fourth-order valence-electron chi connectivity index (χ4n) is 3.01. The van der Waals surface area contributed by atoms with E-state index in [1.54, 1.807) is 4.57 Å². The van der Waals surface area contributed by atoms with Gasteiger partial charge in [0.15, 0.2) is 0 Å². The van der Waals surface area contributed by atoms with Gasteiger partial charge in [0.2, 0.25) is 0 Å². The number of hydrogen-bond acceptors (Lipinski definition) is 4. The number of rotatable bonds is 4. The van der Waals surface area contributed by atoms with Crippen molar-refractivity contribution < 1.29 is 19.1 Å². The van der Waals surface area contributed by atoms with Gasteiger partial charge in [-0.25, -0.2) is 0 Å². The Kier molecular flexibility index (Phi) is 3.52. The number of ether oxygens (including phenoxy) is 1. The Morgan fingerprint density at radius 3 is 2.64 bits per heavy atom. The van der Waals surface area contributed by atoms with E-state index in [0.29, 0.717) is 31.7 Å². The fourth-order valence-corrected chi connectivity index (χ4v) is 3.01. The molecule has 0 atom stereocenters. The lowest BCUT2D eigenvalue weighted by Gasteiger charge is -2.38. The third-order valence-electron chi connectivity index (χ3n) is 4.21. The van der Waals surface area contributed by atoms with Crippen molar-refractivity contribution in [3.8, 4) is 0 Å². The number of fused-ring (bicyclic) bond motifs is 1. The lowest BCUT2D eigenvalue weighted by molar-refractivity contribution is -0.126. The molecule has 0 bridgehead atoms. The van der Waals surface area contributed by atoms with Crippen LogP contribution in [0.25, 0.3) is 0 Å². The molecule has 0 radical (unpaired) electrons. The topological polar surface area (TPSA) is 103 Å². The first kappa shape index (κ1) is 14.8. The zero-order valence-corrected chi connectivity index (χ0v) is 12.5. The van der Waals surface area contributed by atoms with Crippen LogP contribution in [0.4, 0.5) is 0 Å². The number of Topliss-reactive ketones (excluding diaryl/α,β-unsaturated/α-hetero) is 1. The van der Waals surface area contributed by atoms with Crippen molar-refractivity contribution in [3.63, 3.8) is 0 Å². The maximum absolute atomic E-state index is 12.4. The normalized spacial score (nSPS) is 19.0. The van der Waals surface area contributed by atoms with Crippen LogP contribution in [0.3, 0.4) is 0 Å². The lowest BCUT2D eigenvalue weighted by Crippen LogP contribution is -2.61. The highest BCUT2D eigenvalue weighted by Crippen LogP contribution is 2.24. The molecule has 2 aliphatic heterocycles. The molecular weight excluding hydrogens is 286 g/mol. The minimum atomic E-state index is -0.673. The predicted octanol–water partition coefficient (Wildman–Crippen LogP) is 0.0111. The van der Waals surface area contributed by atoms with Crippen molar-refractivity contribution in [2.75, 3.05) is 13.2 Å². The number of aromatic nitrogens is 1. The molecule has 1 fully saturated rings. The number of nitrogens with one attached hydrogen (secondary N) is 1. The van der Waals surface area contributed by atoms with Gasteiger partial charge in [0, 0.05) is 12.2 Å². The van der Waals surface area contributed by atoms with E-state index in [1.165, 1.54) is 6.07 Å². The highest BCUT2D eigenvalue weighted by molar-refractivity contribution is 6.42. The largest absolute Gasteiger partial charge is 0.376 e.